The van der Waals surface area contributed by atoms with E-state index in [1.165, 1.54) is 10.6 Å². The second kappa shape index (κ2) is 6.68. The molecule has 0 unspecified atom stereocenters. The molecule has 0 aliphatic carbocycles. The minimum atomic E-state index is -3.12. The standard InChI is InChI=1S/C17H23N7O2S/c1-11(2)24-16-14(21-22-24)5-4-12-10-18-17(20-15(12)16)19-13-6-8-23(9-7-13)27(3,25)26/h4-5,10-11,13H,6-9H2,1-3H3,(H,18,19,20). The van der Waals surface area contributed by atoms with Gasteiger partial charge in [-0.25, -0.2) is 27.4 Å². The van der Waals surface area contributed by atoms with E-state index in [4.69, 9.17) is 4.98 Å². The summed E-state index contributed by atoms with van der Waals surface area (Å²) in [4.78, 5) is 9.16. The molecule has 0 bridgehead atoms. The third kappa shape index (κ3) is 3.46. The van der Waals surface area contributed by atoms with Gasteiger partial charge in [0.05, 0.1) is 6.26 Å². The van der Waals surface area contributed by atoms with Gasteiger partial charge < -0.3 is 5.32 Å². The molecule has 1 aromatic carbocycles. The van der Waals surface area contributed by atoms with Crippen molar-refractivity contribution in [3.8, 4) is 0 Å². The zero-order chi connectivity index (χ0) is 19.2. The van der Waals surface area contributed by atoms with E-state index in [-0.39, 0.29) is 12.1 Å². The Hall–Kier alpha value is -2.33. The van der Waals surface area contributed by atoms with Crippen molar-refractivity contribution >= 4 is 37.9 Å². The number of piperidine rings is 1. The number of anilines is 1. The zero-order valence-electron chi connectivity index (χ0n) is 15.6. The summed E-state index contributed by atoms with van der Waals surface area (Å²) in [6, 6.07) is 4.20. The third-order valence-electron chi connectivity index (χ3n) is 4.93. The fraction of sp³-hybridized carbons (Fsp3) is 0.529. The number of hydrogen-bond donors (Lipinski definition) is 1. The van der Waals surface area contributed by atoms with Gasteiger partial charge in [-0.2, -0.15) is 0 Å². The number of benzene rings is 1. The molecule has 10 heteroatoms. The van der Waals surface area contributed by atoms with Crippen LogP contribution in [0.2, 0.25) is 0 Å². The van der Waals surface area contributed by atoms with Gasteiger partial charge in [0, 0.05) is 36.8 Å². The van der Waals surface area contributed by atoms with Crippen LogP contribution in [-0.4, -0.2) is 63.1 Å². The molecule has 1 saturated heterocycles. The summed E-state index contributed by atoms with van der Waals surface area (Å²) in [6.07, 6.45) is 4.51. The van der Waals surface area contributed by atoms with Gasteiger partial charge in [-0.15, -0.1) is 5.10 Å². The molecule has 1 fully saturated rings. The van der Waals surface area contributed by atoms with Crippen molar-refractivity contribution in [1.29, 1.82) is 0 Å². The summed E-state index contributed by atoms with van der Waals surface area (Å²) in [5.74, 6) is 0.546. The highest BCUT2D eigenvalue weighted by molar-refractivity contribution is 7.88. The maximum absolute atomic E-state index is 11.7. The molecular weight excluding hydrogens is 366 g/mol. The van der Waals surface area contributed by atoms with E-state index in [1.54, 1.807) is 6.20 Å². The van der Waals surface area contributed by atoms with Crippen molar-refractivity contribution in [1.82, 2.24) is 29.3 Å². The second-order valence-electron chi connectivity index (χ2n) is 7.27. The van der Waals surface area contributed by atoms with E-state index in [1.807, 2.05) is 16.8 Å². The van der Waals surface area contributed by atoms with Crippen LogP contribution in [0, 0.1) is 0 Å². The number of nitrogens with one attached hydrogen (secondary N) is 1. The lowest BCUT2D eigenvalue weighted by atomic mass is 10.1. The Labute approximate surface area is 157 Å². The first-order valence-electron chi connectivity index (χ1n) is 9.05. The number of nitrogens with zero attached hydrogens (tertiary/aromatic N) is 6. The predicted octanol–water partition coefficient (Wildman–Crippen LogP) is 1.79. The molecule has 0 atom stereocenters. The van der Waals surface area contributed by atoms with Gasteiger partial charge in [0.1, 0.15) is 16.6 Å². The van der Waals surface area contributed by atoms with E-state index in [9.17, 15) is 8.42 Å². The summed E-state index contributed by atoms with van der Waals surface area (Å²) in [5.41, 5.74) is 2.53. The average Bonchev–Trinajstić information content (AvgIpc) is 3.06. The predicted molar refractivity (Wildman–Crippen MR) is 104 cm³/mol. The fourth-order valence-corrected chi connectivity index (χ4v) is 4.34. The van der Waals surface area contributed by atoms with Gasteiger partial charge in [-0.1, -0.05) is 5.21 Å². The van der Waals surface area contributed by atoms with Gasteiger partial charge in [0.15, 0.2) is 0 Å². The van der Waals surface area contributed by atoms with Crippen molar-refractivity contribution in [2.24, 2.45) is 0 Å². The van der Waals surface area contributed by atoms with Crippen LogP contribution in [0.1, 0.15) is 32.7 Å². The van der Waals surface area contributed by atoms with Crippen LogP contribution in [-0.2, 0) is 10.0 Å². The Morgan fingerprint density at radius 2 is 1.96 bits per heavy atom. The molecule has 9 nitrogen and oxygen atoms in total. The number of aromatic nitrogens is 5. The first-order valence-corrected chi connectivity index (χ1v) is 10.9. The summed E-state index contributed by atoms with van der Waals surface area (Å²) >= 11 is 0. The highest BCUT2D eigenvalue weighted by Gasteiger charge is 2.25. The van der Waals surface area contributed by atoms with E-state index in [0.717, 1.165) is 34.8 Å². The molecule has 0 saturated carbocycles. The van der Waals surface area contributed by atoms with Crippen molar-refractivity contribution in [2.75, 3.05) is 24.7 Å². The molecule has 144 valence electrons. The lowest BCUT2D eigenvalue weighted by molar-refractivity contribution is 0.331. The van der Waals surface area contributed by atoms with Gasteiger partial charge >= 0.3 is 0 Å². The number of rotatable bonds is 4. The fourth-order valence-electron chi connectivity index (χ4n) is 3.46. The molecule has 0 radical (unpaired) electrons. The van der Waals surface area contributed by atoms with Crippen LogP contribution in [0.5, 0.6) is 0 Å². The molecule has 4 rings (SSSR count). The zero-order valence-corrected chi connectivity index (χ0v) is 16.4. The SMILES string of the molecule is CC(C)n1nnc2ccc3cnc(NC4CCN(S(C)(=O)=O)CC4)nc3c21. The quantitative estimate of drug-likeness (QED) is 0.725. The Balaban J connectivity index is 1.62. The van der Waals surface area contributed by atoms with E-state index < -0.39 is 10.0 Å². The smallest absolute Gasteiger partial charge is 0.223 e. The molecular formula is C17H23N7O2S. The lowest BCUT2D eigenvalue weighted by Crippen LogP contribution is -2.42. The number of hydrogen-bond acceptors (Lipinski definition) is 7. The second-order valence-corrected chi connectivity index (χ2v) is 9.26. The van der Waals surface area contributed by atoms with Crippen molar-refractivity contribution in [3.63, 3.8) is 0 Å². The summed E-state index contributed by atoms with van der Waals surface area (Å²) < 4.78 is 26.7. The third-order valence-corrected chi connectivity index (χ3v) is 6.23. The van der Waals surface area contributed by atoms with Gasteiger partial charge in [0.2, 0.25) is 16.0 Å². The first kappa shape index (κ1) is 18.1. The highest BCUT2D eigenvalue weighted by atomic mass is 32.2. The summed E-state index contributed by atoms with van der Waals surface area (Å²) in [6.45, 7) is 5.14. The lowest BCUT2D eigenvalue weighted by Gasteiger charge is -2.30. The van der Waals surface area contributed by atoms with Crippen molar-refractivity contribution in [3.05, 3.63) is 18.3 Å². The maximum atomic E-state index is 11.7. The van der Waals surface area contributed by atoms with Crippen molar-refractivity contribution < 1.29 is 8.42 Å². The van der Waals surface area contributed by atoms with Crippen LogP contribution in [0.3, 0.4) is 0 Å². The van der Waals surface area contributed by atoms with E-state index in [2.05, 4.69) is 34.5 Å². The Bertz CT molecular complexity index is 1090. The molecule has 3 aromatic rings. The normalized spacial score (nSPS) is 17.2. The summed E-state index contributed by atoms with van der Waals surface area (Å²) in [5, 5.41) is 12.8. The molecule has 3 heterocycles. The van der Waals surface area contributed by atoms with E-state index >= 15 is 0 Å². The highest BCUT2D eigenvalue weighted by Crippen LogP contribution is 2.25. The van der Waals surface area contributed by atoms with Gasteiger partial charge in [-0.05, 0) is 38.8 Å². The topological polar surface area (TPSA) is 106 Å². The Morgan fingerprint density at radius 3 is 2.63 bits per heavy atom. The number of fused-ring (bicyclic) bond motifs is 3. The molecule has 2 aromatic heterocycles. The molecule has 0 spiro atoms. The van der Waals surface area contributed by atoms with Crippen LogP contribution < -0.4 is 5.32 Å². The average molecular weight is 389 g/mol. The monoisotopic (exact) mass is 389 g/mol. The van der Waals surface area contributed by atoms with Crippen LogP contribution in [0.15, 0.2) is 18.3 Å². The van der Waals surface area contributed by atoms with Crippen LogP contribution in [0.4, 0.5) is 5.95 Å². The molecule has 27 heavy (non-hydrogen) atoms. The Kier molecular flexibility index (Phi) is 4.47. The van der Waals surface area contributed by atoms with Crippen LogP contribution >= 0.6 is 0 Å². The maximum Gasteiger partial charge on any atom is 0.223 e. The molecule has 1 aliphatic rings. The Morgan fingerprint density at radius 1 is 1.22 bits per heavy atom. The molecule has 0 amide bonds. The minimum Gasteiger partial charge on any atom is -0.351 e. The first-order chi connectivity index (χ1) is 12.8. The minimum absolute atomic E-state index is 0.146. The van der Waals surface area contributed by atoms with Gasteiger partial charge in [-0.3, -0.25) is 0 Å². The molecule has 1 aliphatic heterocycles. The number of sulfonamides is 1. The van der Waals surface area contributed by atoms with Crippen LogP contribution in [0.25, 0.3) is 21.9 Å². The summed E-state index contributed by atoms with van der Waals surface area (Å²) in [7, 11) is -3.12. The van der Waals surface area contributed by atoms with Gasteiger partial charge in [0.25, 0.3) is 0 Å². The van der Waals surface area contributed by atoms with E-state index in [0.29, 0.717) is 19.0 Å². The molecule has 1 N–H and O–H groups in total. The largest absolute Gasteiger partial charge is 0.351 e. The van der Waals surface area contributed by atoms with Crippen molar-refractivity contribution in [2.45, 2.75) is 38.8 Å².